The van der Waals surface area contributed by atoms with E-state index in [0.717, 1.165) is 15.8 Å². The van der Waals surface area contributed by atoms with Crippen molar-refractivity contribution in [1.82, 2.24) is 0 Å². The monoisotopic (exact) mass is 285 g/mol. The number of hydrogen-bond acceptors (Lipinski definition) is 2. The molecular weight excluding hydrogens is 266 g/mol. The van der Waals surface area contributed by atoms with Gasteiger partial charge in [-0.1, -0.05) is 36.7 Å². The molecule has 0 bridgehead atoms. The second kappa shape index (κ2) is 5.19. The largest absolute Gasteiger partial charge is 0.488 e. The highest BCUT2D eigenvalue weighted by atomic mass is 79.9. The molecule has 2 N–H and O–H groups in total. The molecule has 0 saturated carbocycles. The first-order chi connectivity index (χ1) is 7.34. The molecule has 0 spiro atoms. The van der Waals surface area contributed by atoms with Crippen LogP contribution in [0.1, 0.15) is 26.3 Å². The molecule has 1 unspecified atom stereocenters. The van der Waals surface area contributed by atoms with Crippen LogP contribution in [0.3, 0.4) is 0 Å². The molecule has 90 valence electrons. The lowest BCUT2D eigenvalue weighted by molar-refractivity contribution is 0.0934. The predicted molar refractivity (Wildman–Crippen MR) is 71.8 cm³/mol. The molecule has 0 aromatic heterocycles. The normalized spacial score (nSPS) is 13.6. The van der Waals surface area contributed by atoms with Gasteiger partial charge in [0.2, 0.25) is 0 Å². The van der Waals surface area contributed by atoms with Crippen LogP contribution in [0.4, 0.5) is 0 Å². The minimum atomic E-state index is 0.0346. The summed E-state index contributed by atoms with van der Waals surface area (Å²) < 4.78 is 7.04. The zero-order chi connectivity index (χ0) is 12.3. The van der Waals surface area contributed by atoms with Crippen LogP contribution < -0.4 is 10.5 Å². The molecule has 0 aliphatic heterocycles. The second-order valence-corrected chi connectivity index (χ2v) is 6.03. The summed E-state index contributed by atoms with van der Waals surface area (Å²) in [7, 11) is 0. The van der Waals surface area contributed by atoms with E-state index < -0.39 is 0 Å². The second-order valence-electron chi connectivity index (χ2n) is 5.12. The first-order valence-corrected chi connectivity index (χ1v) is 6.27. The third-order valence-electron chi connectivity index (χ3n) is 2.59. The zero-order valence-electron chi connectivity index (χ0n) is 10.4. The fourth-order valence-corrected chi connectivity index (χ4v) is 1.95. The number of nitrogens with two attached hydrogens (primary N) is 1. The third kappa shape index (κ3) is 3.49. The molecule has 0 fully saturated rings. The van der Waals surface area contributed by atoms with Crippen molar-refractivity contribution < 1.29 is 4.74 Å². The molecule has 3 heteroatoms. The van der Waals surface area contributed by atoms with Gasteiger partial charge in [-0.3, -0.25) is 0 Å². The summed E-state index contributed by atoms with van der Waals surface area (Å²) in [5.41, 5.74) is 6.92. The van der Waals surface area contributed by atoms with Gasteiger partial charge in [0.25, 0.3) is 0 Å². The molecule has 0 amide bonds. The summed E-state index contributed by atoms with van der Waals surface area (Å²) >= 11 is 3.44. The zero-order valence-corrected chi connectivity index (χ0v) is 12.0. The molecule has 0 saturated heterocycles. The van der Waals surface area contributed by atoms with Gasteiger partial charge >= 0.3 is 0 Å². The maximum atomic E-state index is 5.97. The fraction of sp³-hybridized carbons (Fsp3) is 0.538. The van der Waals surface area contributed by atoms with E-state index in [9.17, 15) is 0 Å². The highest BCUT2D eigenvalue weighted by molar-refractivity contribution is 9.10. The van der Waals surface area contributed by atoms with Gasteiger partial charge in [0.05, 0.1) is 0 Å². The molecule has 1 atom stereocenters. The smallest absolute Gasteiger partial charge is 0.122 e. The summed E-state index contributed by atoms with van der Waals surface area (Å²) in [6, 6.07) is 6.01. The molecule has 0 radical (unpaired) electrons. The lowest BCUT2D eigenvalue weighted by Gasteiger charge is -2.30. The van der Waals surface area contributed by atoms with Crippen molar-refractivity contribution in [1.29, 1.82) is 0 Å². The summed E-state index contributed by atoms with van der Waals surface area (Å²) in [4.78, 5) is 0. The Hall–Kier alpha value is -0.540. The van der Waals surface area contributed by atoms with Crippen molar-refractivity contribution in [3.8, 4) is 5.75 Å². The van der Waals surface area contributed by atoms with Crippen LogP contribution in [0.15, 0.2) is 22.7 Å². The first-order valence-electron chi connectivity index (χ1n) is 5.47. The highest BCUT2D eigenvalue weighted by Gasteiger charge is 2.25. The maximum absolute atomic E-state index is 5.97. The molecule has 1 aromatic carbocycles. The highest BCUT2D eigenvalue weighted by Crippen LogP contribution is 2.28. The van der Waals surface area contributed by atoms with Gasteiger partial charge in [-0.05, 0) is 30.7 Å². The maximum Gasteiger partial charge on any atom is 0.122 e. The number of rotatable bonds is 3. The van der Waals surface area contributed by atoms with Gasteiger partial charge in [-0.15, -0.1) is 0 Å². The molecule has 2 nitrogen and oxygen atoms in total. The Balaban J connectivity index is 2.86. The Morgan fingerprint density at radius 1 is 1.38 bits per heavy atom. The van der Waals surface area contributed by atoms with Crippen LogP contribution in [0, 0.1) is 12.3 Å². The van der Waals surface area contributed by atoms with E-state index in [4.69, 9.17) is 10.5 Å². The predicted octanol–water partition coefficient (Wildman–Crippen LogP) is 3.51. The third-order valence-corrected chi connectivity index (χ3v) is 3.08. The molecule has 0 heterocycles. The minimum absolute atomic E-state index is 0.0346. The van der Waals surface area contributed by atoms with Crippen molar-refractivity contribution in [3.63, 3.8) is 0 Å². The Kier molecular flexibility index (Phi) is 4.39. The number of benzene rings is 1. The Bertz CT molecular complexity index is 357. The first kappa shape index (κ1) is 13.5. The topological polar surface area (TPSA) is 35.2 Å². The van der Waals surface area contributed by atoms with Crippen LogP contribution in [-0.2, 0) is 0 Å². The van der Waals surface area contributed by atoms with Crippen molar-refractivity contribution in [2.24, 2.45) is 11.1 Å². The summed E-state index contributed by atoms with van der Waals surface area (Å²) in [6.45, 7) is 8.98. The van der Waals surface area contributed by atoms with Gasteiger partial charge in [-0.25, -0.2) is 0 Å². The molecule has 1 aromatic rings. The van der Waals surface area contributed by atoms with E-state index in [1.54, 1.807) is 0 Å². The molecule has 1 rings (SSSR count). The van der Waals surface area contributed by atoms with E-state index in [-0.39, 0.29) is 11.5 Å². The van der Waals surface area contributed by atoms with Gasteiger partial charge < -0.3 is 10.5 Å². The van der Waals surface area contributed by atoms with Crippen LogP contribution in [0.2, 0.25) is 0 Å². The standard InChI is InChI=1S/C13H20BrNO/c1-9-7-10(14)5-6-11(9)16-12(8-15)13(2,3)4/h5-7,12H,8,15H2,1-4H3. The summed E-state index contributed by atoms with van der Waals surface area (Å²) in [6.07, 6.45) is 0.0346. The van der Waals surface area contributed by atoms with E-state index in [0.29, 0.717) is 6.54 Å². The van der Waals surface area contributed by atoms with Crippen molar-refractivity contribution in [2.75, 3.05) is 6.54 Å². The number of ether oxygens (including phenoxy) is 1. The Morgan fingerprint density at radius 2 is 2.00 bits per heavy atom. The van der Waals surface area contributed by atoms with Crippen LogP contribution in [0.5, 0.6) is 5.75 Å². The Morgan fingerprint density at radius 3 is 2.44 bits per heavy atom. The van der Waals surface area contributed by atoms with Crippen molar-refractivity contribution in [3.05, 3.63) is 28.2 Å². The fourth-order valence-electron chi connectivity index (χ4n) is 1.48. The molecule has 0 aliphatic carbocycles. The van der Waals surface area contributed by atoms with Crippen LogP contribution in [0.25, 0.3) is 0 Å². The SMILES string of the molecule is Cc1cc(Br)ccc1OC(CN)C(C)(C)C. The minimum Gasteiger partial charge on any atom is -0.488 e. The van der Waals surface area contributed by atoms with Crippen molar-refractivity contribution >= 4 is 15.9 Å². The van der Waals surface area contributed by atoms with E-state index in [1.807, 2.05) is 25.1 Å². The number of hydrogen-bond donors (Lipinski definition) is 1. The van der Waals surface area contributed by atoms with E-state index in [2.05, 4.69) is 36.7 Å². The lowest BCUT2D eigenvalue weighted by Crippen LogP contribution is -2.38. The lowest BCUT2D eigenvalue weighted by atomic mass is 9.89. The number of aryl methyl sites for hydroxylation is 1. The molecule has 16 heavy (non-hydrogen) atoms. The van der Waals surface area contributed by atoms with E-state index in [1.165, 1.54) is 0 Å². The quantitative estimate of drug-likeness (QED) is 0.922. The molecule has 0 aliphatic rings. The van der Waals surface area contributed by atoms with Gasteiger partial charge in [0.15, 0.2) is 0 Å². The average Bonchev–Trinajstić information content (AvgIpc) is 2.14. The van der Waals surface area contributed by atoms with Crippen LogP contribution >= 0.6 is 15.9 Å². The number of halogens is 1. The van der Waals surface area contributed by atoms with Gasteiger partial charge in [-0.2, -0.15) is 0 Å². The van der Waals surface area contributed by atoms with Gasteiger partial charge in [0.1, 0.15) is 11.9 Å². The Labute approximate surface area is 106 Å². The molecular formula is C13H20BrNO. The van der Waals surface area contributed by atoms with Gasteiger partial charge in [0, 0.05) is 16.4 Å². The van der Waals surface area contributed by atoms with Crippen molar-refractivity contribution in [2.45, 2.75) is 33.8 Å². The van der Waals surface area contributed by atoms with E-state index >= 15 is 0 Å². The summed E-state index contributed by atoms with van der Waals surface area (Å²) in [5, 5.41) is 0. The average molecular weight is 286 g/mol. The summed E-state index contributed by atoms with van der Waals surface area (Å²) in [5.74, 6) is 0.911. The van der Waals surface area contributed by atoms with Crippen LogP contribution in [-0.4, -0.2) is 12.6 Å².